The predicted octanol–water partition coefficient (Wildman–Crippen LogP) is 1.96. The maximum absolute atomic E-state index is 12.4. The van der Waals surface area contributed by atoms with Crippen molar-refractivity contribution in [2.45, 2.75) is 45.4 Å². The molecule has 0 aliphatic carbocycles. The molecule has 2 saturated heterocycles. The fourth-order valence-corrected chi connectivity index (χ4v) is 3.97. The third-order valence-electron chi connectivity index (χ3n) is 5.44. The van der Waals surface area contributed by atoms with Gasteiger partial charge in [-0.3, -0.25) is 4.90 Å². The number of ether oxygens (including phenoxy) is 2. The van der Waals surface area contributed by atoms with E-state index in [1.165, 1.54) is 0 Å². The van der Waals surface area contributed by atoms with Gasteiger partial charge in [0.25, 0.3) is 0 Å². The molecule has 2 aromatic rings. The Morgan fingerprint density at radius 1 is 1.24 bits per heavy atom. The number of carbonyl (C=O) groups excluding carboxylic acids is 1. The predicted molar refractivity (Wildman–Crippen MR) is 106 cm³/mol. The van der Waals surface area contributed by atoms with E-state index in [2.05, 4.69) is 33.4 Å². The van der Waals surface area contributed by atoms with Crippen LogP contribution in [0.4, 0.5) is 4.79 Å². The van der Waals surface area contributed by atoms with Crippen LogP contribution in [0.15, 0.2) is 24.5 Å². The van der Waals surface area contributed by atoms with Crippen LogP contribution in [0, 0.1) is 6.92 Å². The molecule has 29 heavy (non-hydrogen) atoms. The van der Waals surface area contributed by atoms with Crippen LogP contribution < -0.4 is 0 Å². The highest BCUT2D eigenvalue weighted by atomic mass is 16.6. The Labute approximate surface area is 170 Å². The van der Waals surface area contributed by atoms with Crippen molar-refractivity contribution in [1.82, 2.24) is 30.0 Å². The summed E-state index contributed by atoms with van der Waals surface area (Å²) in [5, 5.41) is 11.5. The lowest BCUT2D eigenvalue weighted by molar-refractivity contribution is -0.0908. The second-order valence-electron chi connectivity index (χ2n) is 8.64. The monoisotopic (exact) mass is 400 g/mol. The number of morpholine rings is 1. The number of tetrazole rings is 1. The number of piperazine rings is 1. The molecule has 3 heterocycles. The van der Waals surface area contributed by atoms with Crippen LogP contribution >= 0.6 is 0 Å². The van der Waals surface area contributed by atoms with Gasteiger partial charge in [-0.1, -0.05) is 12.1 Å². The number of fused-ring (bicyclic) bond motifs is 1. The van der Waals surface area contributed by atoms with Gasteiger partial charge in [-0.05, 0) is 55.3 Å². The SMILES string of the molecule is Cc1c([C@@H]2CN3CCN(C(=O)OC(C)(C)C)C[C@H]3CO2)cccc1-n1cnnn1. The molecular formula is C20H28N6O3. The average molecular weight is 400 g/mol. The normalized spacial score (nSPS) is 23.0. The molecule has 4 rings (SSSR count). The number of aromatic nitrogens is 4. The summed E-state index contributed by atoms with van der Waals surface area (Å²) < 4.78 is 13.4. The zero-order valence-electron chi connectivity index (χ0n) is 17.4. The molecule has 156 valence electrons. The standard InChI is InChI=1S/C20H28N6O3/c1-14-16(6-5-7-17(14)26-13-21-22-23-26)18-11-24-8-9-25(10-15(24)12-28-18)19(27)29-20(2,3)4/h5-7,13,15,18H,8-12H2,1-4H3/t15-,18-/m0/s1. The Bertz CT molecular complexity index is 864. The minimum Gasteiger partial charge on any atom is -0.444 e. The summed E-state index contributed by atoms with van der Waals surface area (Å²) in [6.07, 6.45) is 1.33. The molecule has 0 N–H and O–H groups in total. The molecule has 2 aliphatic heterocycles. The van der Waals surface area contributed by atoms with Crippen molar-refractivity contribution in [3.8, 4) is 5.69 Å². The van der Waals surface area contributed by atoms with E-state index in [0.717, 1.165) is 29.9 Å². The summed E-state index contributed by atoms with van der Waals surface area (Å²) in [6.45, 7) is 11.2. The van der Waals surface area contributed by atoms with E-state index in [1.807, 2.05) is 32.9 Å². The Morgan fingerprint density at radius 2 is 2.07 bits per heavy atom. The van der Waals surface area contributed by atoms with E-state index in [9.17, 15) is 4.79 Å². The molecule has 0 spiro atoms. The van der Waals surface area contributed by atoms with Gasteiger partial charge >= 0.3 is 6.09 Å². The first-order valence-corrected chi connectivity index (χ1v) is 9.98. The van der Waals surface area contributed by atoms with E-state index in [-0.39, 0.29) is 18.2 Å². The van der Waals surface area contributed by atoms with E-state index in [1.54, 1.807) is 15.9 Å². The molecule has 0 unspecified atom stereocenters. The van der Waals surface area contributed by atoms with Gasteiger partial charge in [0.15, 0.2) is 0 Å². The Balaban J connectivity index is 1.43. The van der Waals surface area contributed by atoms with Crippen LogP contribution in [-0.4, -0.2) is 80.5 Å². The van der Waals surface area contributed by atoms with Gasteiger partial charge in [0.05, 0.1) is 24.4 Å². The number of nitrogens with zero attached hydrogens (tertiary/aromatic N) is 6. The third-order valence-corrected chi connectivity index (χ3v) is 5.44. The van der Waals surface area contributed by atoms with Crippen molar-refractivity contribution in [3.63, 3.8) is 0 Å². The molecule has 9 heteroatoms. The maximum atomic E-state index is 12.4. The molecule has 9 nitrogen and oxygen atoms in total. The Hall–Kier alpha value is -2.52. The molecule has 0 saturated carbocycles. The fourth-order valence-electron chi connectivity index (χ4n) is 3.97. The number of hydrogen-bond donors (Lipinski definition) is 0. The van der Waals surface area contributed by atoms with Gasteiger partial charge in [-0.15, -0.1) is 5.10 Å². The van der Waals surface area contributed by atoms with Crippen molar-refractivity contribution < 1.29 is 14.3 Å². The highest BCUT2D eigenvalue weighted by molar-refractivity contribution is 5.68. The minimum absolute atomic E-state index is 0.0178. The van der Waals surface area contributed by atoms with E-state index in [4.69, 9.17) is 9.47 Å². The second kappa shape index (κ2) is 7.72. The van der Waals surface area contributed by atoms with Crippen molar-refractivity contribution in [2.24, 2.45) is 0 Å². The first-order valence-electron chi connectivity index (χ1n) is 9.98. The van der Waals surface area contributed by atoms with Gasteiger partial charge in [0.2, 0.25) is 0 Å². The first-order chi connectivity index (χ1) is 13.8. The number of hydrogen-bond acceptors (Lipinski definition) is 7. The molecule has 1 amide bonds. The van der Waals surface area contributed by atoms with Crippen molar-refractivity contribution in [3.05, 3.63) is 35.7 Å². The Kier molecular flexibility index (Phi) is 5.26. The summed E-state index contributed by atoms with van der Waals surface area (Å²) >= 11 is 0. The van der Waals surface area contributed by atoms with Crippen LogP contribution in [0.3, 0.4) is 0 Å². The van der Waals surface area contributed by atoms with Crippen LogP contribution in [0.5, 0.6) is 0 Å². The van der Waals surface area contributed by atoms with E-state index >= 15 is 0 Å². The number of benzene rings is 1. The highest BCUT2D eigenvalue weighted by Crippen LogP contribution is 2.31. The topological polar surface area (TPSA) is 85.6 Å². The lowest BCUT2D eigenvalue weighted by Crippen LogP contribution is -2.60. The zero-order chi connectivity index (χ0) is 20.6. The van der Waals surface area contributed by atoms with Crippen LogP contribution in [0.2, 0.25) is 0 Å². The van der Waals surface area contributed by atoms with Crippen LogP contribution in [-0.2, 0) is 9.47 Å². The molecule has 0 radical (unpaired) electrons. The number of rotatable bonds is 2. The number of amides is 1. The first kappa shape index (κ1) is 19.8. The second-order valence-corrected chi connectivity index (χ2v) is 8.64. The van der Waals surface area contributed by atoms with Crippen molar-refractivity contribution in [1.29, 1.82) is 0 Å². The van der Waals surface area contributed by atoms with Crippen LogP contribution in [0.1, 0.15) is 38.0 Å². The fraction of sp³-hybridized carbons (Fsp3) is 0.600. The third kappa shape index (κ3) is 4.25. The van der Waals surface area contributed by atoms with Crippen LogP contribution in [0.25, 0.3) is 5.69 Å². The zero-order valence-corrected chi connectivity index (χ0v) is 17.4. The number of carbonyl (C=O) groups is 1. The molecular weight excluding hydrogens is 372 g/mol. The largest absolute Gasteiger partial charge is 0.444 e. The van der Waals surface area contributed by atoms with Gasteiger partial charge in [-0.25, -0.2) is 9.48 Å². The molecule has 2 atom stereocenters. The smallest absolute Gasteiger partial charge is 0.410 e. The van der Waals surface area contributed by atoms with Gasteiger partial charge < -0.3 is 14.4 Å². The van der Waals surface area contributed by atoms with Gasteiger partial charge in [0.1, 0.15) is 11.9 Å². The quantitative estimate of drug-likeness (QED) is 0.762. The van der Waals surface area contributed by atoms with Crippen molar-refractivity contribution >= 4 is 6.09 Å². The molecule has 1 aromatic carbocycles. The lowest BCUT2D eigenvalue weighted by Gasteiger charge is -2.46. The maximum Gasteiger partial charge on any atom is 0.410 e. The summed E-state index contributed by atoms with van der Waals surface area (Å²) in [5.41, 5.74) is 2.72. The molecule has 1 aromatic heterocycles. The lowest BCUT2D eigenvalue weighted by atomic mass is 9.98. The molecule has 2 aliphatic rings. The van der Waals surface area contributed by atoms with Gasteiger partial charge in [0, 0.05) is 26.2 Å². The summed E-state index contributed by atoms with van der Waals surface area (Å²) in [6, 6.07) is 6.30. The van der Waals surface area contributed by atoms with E-state index < -0.39 is 5.60 Å². The molecule has 0 bridgehead atoms. The average Bonchev–Trinajstić information content (AvgIpc) is 3.20. The van der Waals surface area contributed by atoms with E-state index in [0.29, 0.717) is 19.7 Å². The summed E-state index contributed by atoms with van der Waals surface area (Å²) in [5.74, 6) is 0. The minimum atomic E-state index is -0.482. The van der Waals surface area contributed by atoms with Gasteiger partial charge in [-0.2, -0.15) is 0 Å². The summed E-state index contributed by atoms with van der Waals surface area (Å²) in [7, 11) is 0. The highest BCUT2D eigenvalue weighted by Gasteiger charge is 2.37. The summed E-state index contributed by atoms with van der Waals surface area (Å²) in [4.78, 5) is 16.6. The Morgan fingerprint density at radius 3 is 2.79 bits per heavy atom. The molecule has 2 fully saturated rings. The van der Waals surface area contributed by atoms with Crippen molar-refractivity contribution in [2.75, 3.05) is 32.8 Å².